The predicted molar refractivity (Wildman–Crippen MR) is 150 cm³/mol. The molecule has 1 saturated carbocycles. The van der Waals surface area contributed by atoms with E-state index in [-0.39, 0.29) is 11.9 Å². The SMILES string of the molecule is O=C(C[C@@H](Cc1ccccc1)Nc1nccc(N2CCCc3cnc(-c4ccccc4)cc32)n1)NC1CC1. The lowest BCUT2D eigenvalue weighted by molar-refractivity contribution is -0.121. The number of hydrogen-bond donors (Lipinski definition) is 2. The minimum absolute atomic E-state index is 0.0722. The van der Waals surface area contributed by atoms with Gasteiger partial charge in [0.05, 0.1) is 5.69 Å². The highest BCUT2D eigenvalue weighted by Crippen LogP contribution is 2.35. The Balaban J connectivity index is 1.24. The lowest BCUT2D eigenvalue weighted by atomic mass is 10.0. The van der Waals surface area contributed by atoms with E-state index in [0.29, 0.717) is 24.8 Å². The number of carbonyl (C=O) groups is 1. The molecule has 1 amide bonds. The van der Waals surface area contributed by atoms with Crippen LogP contribution in [-0.4, -0.2) is 39.5 Å². The molecule has 192 valence electrons. The van der Waals surface area contributed by atoms with Crippen molar-refractivity contribution in [1.82, 2.24) is 20.3 Å². The van der Waals surface area contributed by atoms with Gasteiger partial charge in [-0.2, -0.15) is 4.98 Å². The van der Waals surface area contributed by atoms with E-state index in [1.165, 1.54) is 11.1 Å². The number of pyridine rings is 1. The molecule has 2 N–H and O–H groups in total. The quantitative estimate of drug-likeness (QED) is 0.321. The third-order valence-electron chi connectivity index (χ3n) is 7.10. The van der Waals surface area contributed by atoms with Crippen molar-refractivity contribution in [1.29, 1.82) is 0 Å². The largest absolute Gasteiger partial charge is 0.353 e. The molecule has 0 spiro atoms. The summed E-state index contributed by atoms with van der Waals surface area (Å²) in [5.41, 5.74) is 5.58. The monoisotopic (exact) mass is 504 g/mol. The Morgan fingerprint density at radius 3 is 2.58 bits per heavy atom. The third-order valence-corrected chi connectivity index (χ3v) is 7.10. The molecule has 7 heteroatoms. The molecule has 0 saturated heterocycles. The summed E-state index contributed by atoms with van der Waals surface area (Å²) in [4.78, 5) is 29.1. The topological polar surface area (TPSA) is 83.0 Å². The van der Waals surface area contributed by atoms with Crippen molar-refractivity contribution >= 4 is 23.4 Å². The van der Waals surface area contributed by atoms with Crippen LogP contribution < -0.4 is 15.5 Å². The molecule has 2 aliphatic rings. The van der Waals surface area contributed by atoms with Crippen LogP contribution in [0.4, 0.5) is 17.5 Å². The van der Waals surface area contributed by atoms with E-state index in [9.17, 15) is 4.79 Å². The summed E-state index contributed by atoms with van der Waals surface area (Å²) in [7, 11) is 0. The molecule has 0 bridgehead atoms. The van der Waals surface area contributed by atoms with Gasteiger partial charge in [0.1, 0.15) is 5.82 Å². The Morgan fingerprint density at radius 2 is 1.79 bits per heavy atom. The van der Waals surface area contributed by atoms with E-state index in [1.54, 1.807) is 6.20 Å². The zero-order valence-corrected chi connectivity index (χ0v) is 21.4. The zero-order chi connectivity index (χ0) is 25.7. The Kier molecular flexibility index (Phi) is 6.98. The third kappa shape index (κ3) is 5.83. The maximum Gasteiger partial charge on any atom is 0.224 e. The number of aryl methyl sites for hydroxylation is 1. The fraction of sp³-hybridized carbons (Fsp3) is 0.290. The van der Waals surface area contributed by atoms with Crippen LogP contribution in [0.1, 0.15) is 36.8 Å². The summed E-state index contributed by atoms with van der Waals surface area (Å²) < 4.78 is 0. The van der Waals surface area contributed by atoms with Crippen LogP contribution in [0.15, 0.2) is 85.2 Å². The number of hydrogen-bond acceptors (Lipinski definition) is 6. The number of carbonyl (C=O) groups excluding carboxylic acids is 1. The number of aromatic nitrogens is 3. The van der Waals surface area contributed by atoms with Gasteiger partial charge in [0.15, 0.2) is 0 Å². The lowest BCUT2D eigenvalue weighted by Gasteiger charge is -2.31. The van der Waals surface area contributed by atoms with Gasteiger partial charge in [-0.25, -0.2) is 4.98 Å². The summed E-state index contributed by atoms with van der Waals surface area (Å²) in [6.07, 6.45) is 9.06. The summed E-state index contributed by atoms with van der Waals surface area (Å²) in [6, 6.07) is 24.8. The summed E-state index contributed by atoms with van der Waals surface area (Å²) in [5, 5.41) is 6.59. The first-order valence-corrected chi connectivity index (χ1v) is 13.5. The van der Waals surface area contributed by atoms with Gasteiger partial charge >= 0.3 is 0 Å². The number of anilines is 3. The van der Waals surface area contributed by atoms with Crippen molar-refractivity contribution in [3.05, 3.63) is 96.3 Å². The first kappa shape index (κ1) is 24.1. The van der Waals surface area contributed by atoms with Crippen LogP contribution in [-0.2, 0) is 17.6 Å². The van der Waals surface area contributed by atoms with Gasteiger partial charge in [-0.05, 0) is 55.4 Å². The molecule has 1 aliphatic carbocycles. The number of rotatable bonds is 9. The van der Waals surface area contributed by atoms with Gasteiger partial charge in [0.25, 0.3) is 0 Å². The second-order valence-electron chi connectivity index (χ2n) is 10.1. The summed E-state index contributed by atoms with van der Waals surface area (Å²) >= 11 is 0. The van der Waals surface area contributed by atoms with E-state index >= 15 is 0 Å². The summed E-state index contributed by atoms with van der Waals surface area (Å²) in [6.45, 7) is 0.874. The molecular weight excluding hydrogens is 472 g/mol. The number of nitrogens with zero attached hydrogens (tertiary/aromatic N) is 4. The van der Waals surface area contributed by atoms with E-state index in [0.717, 1.165) is 55.0 Å². The molecule has 6 rings (SSSR count). The minimum Gasteiger partial charge on any atom is -0.353 e. The Hall–Kier alpha value is -4.26. The second kappa shape index (κ2) is 11.0. The average Bonchev–Trinajstić information content (AvgIpc) is 3.77. The maximum absolute atomic E-state index is 12.7. The van der Waals surface area contributed by atoms with Gasteiger partial charge < -0.3 is 15.5 Å². The van der Waals surface area contributed by atoms with Gasteiger partial charge in [-0.1, -0.05) is 60.7 Å². The van der Waals surface area contributed by atoms with Crippen molar-refractivity contribution in [2.75, 3.05) is 16.8 Å². The molecule has 38 heavy (non-hydrogen) atoms. The van der Waals surface area contributed by atoms with Crippen LogP contribution in [0.2, 0.25) is 0 Å². The predicted octanol–water partition coefficient (Wildman–Crippen LogP) is 5.31. The Bertz CT molecular complexity index is 1390. The highest BCUT2D eigenvalue weighted by Gasteiger charge is 2.26. The smallest absolute Gasteiger partial charge is 0.224 e. The molecule has 0 unspecified atom stereocenters. The molecule has 2 aromatic carbocycles. The number of benzene rings is 2. The minimum atomic E-state index is -0.117. The fourth-order valence-corrected chi connectivity index (χ4v) is 5.03. The first-order valence-electron chi connectivity index (χ1n) is 13.5. The average molecular weight is 505 g/mol. The number of fused-ring (bicyclic) bond motifs is 1. The van der Waals surface area contributed by atoms with Gasteiger partial charge in [0, 0.05) is 48.7 Å². The molecule has 1 atom stereocenters. The van der Waals surface area contributed by atoms with Gasteiger partial charge in [-0.3, -0.25) is 9.78 Å². The zero-order valence-electron chi connectivity index (χ0n) is 21.4. The van der Waals surface area contributed by atoms with Crippen molar-refractivity contribution in [3.63, 3.8) is 0 Å². The van der Waals surface area contributed by atoms with Crippen molar-refractivity contribution in [2.24, 2.45) is 0 Å². The Labute approximate surface area is 223 Å². The first-order chi connectivity index (χ1) is 18.7. The molecule has 7 nitrogen and oxygen atoms in total. The Morgan fingerprint density at radius 1 is 1.00 bits per heavy atom. The van der Waals surface area contributed by atoms with Crippen molar-refractivity contribution in [2.45, 2.75) is 50.6 Å². The van der Waals surface area contributed by atoms with Gasteiger partial charge in [-0.15, -0.1) is 0 Å². The summed E-state index contributed by atoms with van der Waals surface area (Å²) in [5.74, 6) is 1.45. The lowest BCUT2D eigenvalue weighted by Crippen LogP contribution is -2.34. The number of amides is 1. The molecule has 3 heterocycles. The van der Waals surface area contributed by atoms with Crippen LogP contribution in [0, 0.1) is 0 Å². The van der Waals surface area contributed by atoms with Gasteiger partial charge in [0.2, 0.25) is 11.9 Å². The van der Waals surface area contributed by atoms with E-state index in [1.807, 2.05) is 48.7 Å². The molecule has 1 fully saturated rings. The normalized spacial score (nSPS) is 15.4. The fourth-order valence-electron chi connectivity index (χ4n) is 5.03. The van der Waals surface area contributed by atoms with Crippen LogP contribution in [0.5, 0.6) is 0 Å². The van der Waals surface area contributed by atoms with Crippen LogP contribution >= 0.6 is 0 Å². The maximum atomic E-state index is 12.7. The van der Waals surface area contributed by atoms with E-state index in [2.05, 4.69) is 50.8 Å². The molecular formula is C31H32N6O. The van der Waals surface area contributed by atoms with E-state index < -0.39 is 0 Å². The van der Waals surface area contributed by atoms with Crippen LogP contribution in [0.3, 0.4) is 0 Å². The molecule has 2 aromatic heterocycles. The molecule has 4 aromatic rings. The standard InChI is InChI=1S/C31H32N6O/c38-30(34-25-13-14-25)19-26(18-22-8-3-1-4-9-22)35-31-32-16-15-29(36-31)37-17-7-12-24-21-33-27(20-28(24)37)23-10-5-2-6-11-23/h1-6,8-11,15-16,20-21,25-26H,7,12-14,17-19H2,(H,34,38)(H,32,35,36)/t26-/m1/s1. The molecule has 0 radical (unpaired) electrons. The highest BCUT2D eigenvalue weighted by molar-refractivity contribution is 5.77. The molecule has 1 aliphatic heterocycles. The van der Waals surface area contributed by atoms with Crippen molar-refractivity contribution in [3.8, 4) is 11.3 Å². The number of nitrogens with one attached hydrogen (secondary N) is 2. The van der Waals surface area contributed by atoms with Crippen molar-refractivity contribution < 1.29 is 4.79 Å². The van der Waals surface area contributed by atoms with E-state index in [4.69, 9.17) is 9.97 Å². The highest BCUT2D eigenvalue weighted by atomic mass is 16.1. The second-order valence-corrected chi connectivity index (χ2v) is 10.1. The van der Waals surface area contributed by atoms with Crippen LogP contribution in [0.25, 0.3) is 11.3 Å².